The summed E-state index contributed by atoms with van der Waals surface area (Å²) in [5.74, 6) is 0.101. The van der Waals surface area contributed by atoms with Gasteiger partial charge in [-0.2, -0.15) is 0 Å². The maximum Gasteiger partial charge on any atom is 0.237 e. The molecular weight excluding hydrogens is 360 g/mol. The van der Waals surface area contributed by atoms with Crippen LogP contribution in [0.3, 0.4) is 0 Å². The van der Waals surface area contributed by atoms with Crippen molar-refractivity contribution >= 4 is 17.5 Å². The first-order valence-corrected chi connectivity index (χ1v) is 10.7. The number of likely N-dealkylation sites (N-methyl/N-ethyl adjacent to an activating group) is 1. The summed E-state index contributed by atoms with van der Waals surface area (Å²) in [4.78, 5) is 17.3. The Morgan fingerprint density at radius 3 is 2.63 bits per heavy atom. The summed E-state index contributed by atoms with van der Waals surface area (Å²) in [6.07, 6.45) is 4.49. The van der Waals surface area contributed by atoms with E-state index in [0.717, 1.165) is 23.6 Å². The summed E-state index contributed by atoms with van der Waals surface area (Å²) < 4.78 is 0. The molecule has 6 heteroatoms. The van der Waals surface area contributed by atoms with E-state index in [1.54, 1.807) is 7.05 Å². The number of benzene rings is 1. The molecule has 0 unspecified atom stereocenters. The maximum atomic E-state index is 12.4. The standard InChI is InChI=1S/C21H33ClN4O/c1-3-10-25-11-8-17(9-12-25)24-18-13-20(21(27)23-2)26(15-18)14-16-6-4-5-7-19(16)22/h4-7,17-18,20,24H,3,8-15H2,1-2H3,(H,23,27)/t18-,20-/m0/s1. The van der Waals surface area contributed by atoms with Gasteiger partial charge in [0.05, 0.1) is 6.04 Å². The highest BCUT2D eigenvalue weighted by Crippen LogP contribution is 2.25. The third-order valence-electron chi connectivity index (χ3n) is 5.88. The monoisotopic (exact) mass is 392 g/mol. The van der Waals surface area contributed by atoms with Gasteiger partial charge < -0.3 is 15.5 Å². The molecule has 1 aromatic carbocycles. The van der Waals surface area contributed by atoms with E-state index in [1.807, 2.05) is 24.3 Å². The zero-order valence-corrected chi connectivity index (χ0v) is 17.3. The fourth-order valence-corrected chi connectivity index (χ4v) is 4.65. The van der Waals surface area contributed by atoms with Crippen LogP contribution in [0.25, 0.3) is 0 Å². The Morgan fingerprint density at radius 1 is 1.22 bits per heavy atom. The van der Waals surface area contributed by atoms with Crippen LogP contribution in [0, 0.1) is 0 Å². The van der Waals surface area contributed by atoms with Crippen LogP contribution in [-0.4, -0.2) is 67.1 Å². The molecule has 0 bridgehead atoms. The molecule has 0 radical (unpaired) electrons. The molecule has 2 fully saturated rings. The van der Waals surface area contributed by atoms with Gasteiger partial charge in [-0.25, -0.2) is 0 Å². The highest BCUT2D eigenvalue weighted by Gasteiger charge is 2.37. The number of rotatable bonds is 7. The minimum absolute atomic E-state index is 0.0936. The van der Waals surface area contributed by atoms with E-state index in [2.05, 4.69) is 27.4 Å². The van der Waals surface area contributed by atoms with Gasteiger partial charge in [0.15, 0.2) is 0 Å². The SMILES string of the molecule is CCCN1CCC(N[C@H]2C[C@@H](C(=O)NC)N(Cc3ccccc3Cl)C2)CC1. The molecule has 1 aromatic rings. The van der Waals surface area contributed by atoms with Crippen LogP contribution in [0.1, 0.15) is 38.2 Å². The van der Waals surface area contributed by atoms with E-state index in [0.29, 0.717) is 18.6 Å². The summed E-state index contributed by atoms with van der Waals surface area (Å²) in [6, 6.07) is 8.75. The molecule has 0 saturated carbocycles. The Balaban J connectivity index is 1.58. The quantitative estimate of drug-likeness (QED) is 0.748. The number of hydrogen-bond donors (Lipinski definition) is 2. The molecule has 0 aliphatic carbocycles. The number of amides is 1. The Bertz CT molecular complexity index is 618. The number of halogens is 1. The van der Waals surface area contributed by atoms with Crippen LogP contribution >= 0.6 is 11.6 Å². The lowest BCUT2D eigenvalue weighted by atomic mass is 10.0. The van der Waals surface area contributed by atoms with E-state index in [9.17, 15) is 4.79 Å². The number of likely N-dealkylation sites (tertiary alicyclic amines) is 2. The summed E-state index contributed by atoms with van der Waals surface area (Å²) in [5, 5.41) is 7.44. The van der Waals surface area contributed by atoms with Crippen LogP contribution < -0.4 is 10.6 Å². The van der Waals surface area contributed by atoms with Crippen LogP contribution in [-0.2, 0) is 11.3 Å². The summed E-state index contributed by atoms with van der Waals surface area (Å²) >= 11 is 6.35. The smallest absolute Gasteiger partial charge is 0.237 e. The summed E-state index contributed by atoms with van der Waals surface area (Å²) in [7, 11) is 1.72. The molecule has 0 spiro atoms. The maximum absolute atomic E-state index is 12.4. The topological polar surface area (TPSA) is 47.6 Å². The van der Waals surface area contributed by atoms with Gasteiger partial charge in [0.1, 0.15) is 0 Å². The molecule has 27 heavy (non-hydrogen) atoms. The number of hydrogen-bond acceptors (Lipinski definition) is 4. The molecule has 1 amide bonds. The lowest BCUT2D eigenvalue weighted by Gasteiger charge is -2.33. The normalized spacial score (nSPS) is 25.0. The van der Waals surface area contributed by atoms with Crippen molar-refractivity contribution in [3.05, 3.63) is 34.9 Å². The molecule has 2 atom stereocenters. The minimum Gasteiger partial charge on any atom is -0.358 e. The third kappa shape index (κ3) is 5.44. The van der Waals surface area contributed by atoms with Crippen molar-refractivity contribution in [2.45, 2.75) is 57.3 Å². The number of carbonyl (C=O) groups is 1. The van der Waals surface area contributed by atoms with Gasteiger partial charge >= 0.3 is 0 Å². The predicted molar refractivity (Wildman–Crippen MR) is 111 cm³/mol. The second-order valence-corrected chi connectivity index (χ2v) is 8.27. The fourth-order valence-electron chi connectivity index (χ4n) is 4.46. The Kier molecular flexibility index (Phi) is 7.53. The second kappa shape index (κ2) is 9.87. The van der Waals surface area contributed by atoms with Crippen molar-refractivity contribution in [1.29, 1.82) is 0 Å². The summed E-state index contributed by atoms with van der Waals surface area (Å²) in [5.41, 5.74) is 1.08. The largest absolute Gasteiger partial charge is 0.358 e. The Labute approximate surface area is 168 Å². The van der Waals surface area contributed by atoms with E-state index in [-0.39, 0.29) is 11.9 Å². The molecule has 3 rings (SSSR count). The highest BCUT2D eigenvalue weighted by molar-refractivity contribution is 6.31. The van der Waals surface area contributed by atoms with Gasteiger partial charge in [-0.1, -0.05) is 36.7 Å². The molecule has 2 aliphatic rings. The first-order valence-electron chi connectivity index (χ1n) is 10.3. The molecule has 150 valence electrons. The van der Waals surface area contributed by atoms with Crippen molar-refractivity contribution in [2.24, 2.45) is 0 Å². The van der Waals surface area contributed by atoms with Crippen molar-refractivity contribution in [1.82, 2.24) is 20.4 Å². The highest BCUT2D eigenvalue weighted by atomic mass is 35.5. The zero-order valence-electron chi connectivity index (χ0n) is 16.6. The van der Waals surface area contributed by atoms with E-state index >= 15 is 0 Å². The molecule has 5 nitrogen and oxygen atoms in total. The Morgan fingerprint density at radius 2 is 1.96 bits per heavy atom. The molecule has 2 N–H and O–H groups in total. The van der Waals surface area contributed by atoms with Crippen LogP contribution in [0.5, 0.6) is 0 Å². The fraction of sp³-hybridized carbons (Fsp3) is 0.667. The van der Waals surface area contributed by atoms with Crippen molar-refractivity contribution in [3.63, 3.8) is 0 Å². The number of carbonyl (C=O) groups excluding carboxylic acids is 1. The summed E-state index contributed by atoms with van der Waals surface area (Å²) in [6.45, 7) is 7.42. The van der Waals surface area contributed by atoms with Gasteiger partial charge in [0.25, 0.3) is 0 Å². The van der Waals surface area contributed by atoms with Crippen molar-refractivity contribution in [3.8, 4) is 0 Å². The van der Waals surface area contributed by atoms with Crippen LogP contribution in [0.4, 0.5) is 0 Å². The van der Waals surface area contributed by atoms with Crippen molar-refractivity contribution in [2.75, 3.05) is 33.2 Å². The van der Waals surface area contributed by atoms with E-state index in [1.165, 1.54) is 38.9 Å². The first-order chi connectivity index (χ1) is 13.1. The molecule has 0 aromatic heterocycles. The van der Waals surface area contributed by atoms with Gasteiger partial charge in [-0.15, -0.1) is 0 Å². The average molecular weight is 393 g/mol. The molecule has 2 aliphatic heterocycles. The lowest BCUT2D eigenvalue weighted by Crippen LogP contribution is -2.47. The van der Waals surface area contributed by atoms with Gasteiger partial charge in [-0.05, 0) is 56.9 Å². The molecule has 2 saturated heterocycles. The average Bonchev–Trinajstić information content (AvgIpc) is 3.07. The Hall–Kier alpha value is -1.14. The predicted octanol–water partition coefficient (Wildman–Crippen LogP) is 2.49. The number of nitrogens with one attached hydrogen (secondary N) is 2. The van der Waals surface area contributed by atoms with Gasteiger partial charge in [-0.3, -0.25) is 9.69 Å². The van der Waals surface area contributed by atoms with Gasteiger partial charge in [0, 0.05) is 37.2 Å². The van der Waals surface area contributed by atoms with Crippen LogP contribution in [0.15, 0.2) is 24.3 Å². The third-order valence-corrected chi connectivity index (χ3v) is 6.25. The van der Waals surface area contributed by atoms with E-state index < -0.39 is 0 Å². The van der Waals surface area contributed by atoms with Crippen LogP contribution in [0.2, 0.25) is 5.02 Å². The minimum atomic E-state index is -0.0936. The lowest BCUT2D eigenvalue weighted by molar-refractivity contribution is -0.125. The number of piperidine rings is 1. The number of nitrogens with zero attached hydrogens (tertiary/aromatic N) is 2. The first kappa shape index (κ1) is 20.6. The van der Waals surface area contributed by atoms with E-state index in [4.69, 9.17) is 11.6 Å². The van der Waals surface area contributed by atoms with Gasteiger partial charge in [0.2, 0.25) is 5.91 Å². The second-order valence-electron chi connectivity index (χ2n) is 7.87. The zero-order chi connectivity index (χ0) is 19.2. The molecule has 2 heterocycles. The van der Waals surface area contributed by atoms with Crippen molar-refractivity contribution < 1.29 is 4.79 Å². The molecular formula is C21H33ClN4O.